The second-order valence-corrected chi connectivity index (χ2v) is 10.9. The van der Waals surface area contributed by atoms with Crippen LogP contribution in [0.15, 0.2) is 91.0 Å². The van der Waals surface area contributed by atoms with E-state index in [1.54, 1.807) is 0 Å². The van der Waals surface area contributed by atoms with Crippen molar-refractivity contribution in [1.29, 1.82) is 0 Å². The molecule has 3 rings (SSSR count). The summed E-state index contributed by atoms with van der Waals surface area (Å²) in [6.07, 6.45) is 0.500. The lowest BCUT2D eigenvalue weighted by Gasteiger charge is -2.33. The normalized spacial score (nSPS) is 13.3. The summed E-state index contributed by atoms with van der Waals surface area (Å²) >= 11 is 0. The summed E-state index contributed by atoms with van der Waals surface area (Å²) in [5.41, 5.74) is 2.46. The van der Waals surface area contributed by atoms with E-state index in [1.165, 1.54) is 0 Å². The quantitative estimate of drug-likeness (QED) is 0.314. The molecule has 1 amide bonds. The molecule has 0 radical (unpaired) electrons. The summed E-state index contributed by atoms with van der Waals surface area (Å²) in [6.45, 7) is 10.7. The molecule has 3 aromatic rings. The highest BCUT2D eigenvalue weighted by Gasteiger charge is 2.33. The molecule has 2 atom stereocenters. The van der Waals surface area contributed by atoms with Gasteiger partial charge in [0.1, 0.15) is 17.7 Å². The Morgan fingerprint density at radius 3 is 1.68 bits per heavy atom. The molecule has 5 nitrogen and oxygen atoms in total. The summed E-state index contributed by atoms with van der Waals surface area (Å²) in [5.74, 6) is -0.411. The topological polar surface area (TPSA) is 58.6 Å². The molecule has 0 spiro atoms. The molecule has 37 heavy (non-hydrogen) atoms. The fourth-order valence-electron chi connectivity index (χ4n) is 4.35. The molecule has 0 saturated carbocycles. The maximum atomic E-state index is 14.1. The number of amides is 1. The van der Waals surface area contributed by atoms with E-state index in [1.807, 2.05) is 101 Å². The van der Waals surface area contributed by atoms with E-state index < -0.39 is 23.7 Å². The zero-order chi connectivity index (χ0) is 26.8. The Morgan fingerprint density at radius 1 is 0.784 bits per heavy atom. The van der Waals surface area contributed by atoms with Gasteiger partial charge >= 0.3 is 5.97 Å². The second kappa shape index (κ2) is 13.2. The Labute approximate surface area is 221 Å². The first kappa shape index (κ1) is 28.1. The van der Waals surface area contributed by atoms with Gasteiger partial charge in [-0.2, -0.15) is 0 Å². The number of hydrogen-bond acceptors (Lipinski definition) is 4. The number of rotatable bonds is 11. The van der Waals surface area contributed by atoms with Crippen molar-refractivity contribution in [1.82, 2.24) is 10.2 Å². The van der Waals surface area contributed by atoms with Crippen molar-refractivity contribution in [3.63, 3.8) is 0 Å². The standard InChI is InChI=1S/C32H40N2O3/c1-24(2)21-28(31(36)37-32(3,4)5)33-30(35)29(27-19-13-8-14-20-27)34(22-25-15-9-6-10-16-25)23-26-17-11-7-12-18-26/h6-20,24,28-29H,21-23H2,1-5H3,(H,33,35)/t28-,29+/m0/s1. The average Bonchev–Trinajstić information content (AvgIpc) is 2.84. The zero-order valence-corrected chi connectivity index (χ0v) is 22.7. The molecule has 0 saturated heterocycles. The largest absolute Gasteiger partial charge is 0.458 e. The number of carbonyl (C=O) groups excluding carboxylic acids is 2. The fourth-order valence-corrected chi connectivity index (χ4v) is 4.35. The van der Waals surface area contributed by atoms with Gasteiger partial charge in [-0.1, -0.05) is 105 Å². The van der Waals surface area contributed by atoms with E-state index in [0.29, 0.717) is 19.5 Å². The predicted octanol–water partition coefficient (Wildman–Crippen LogP) is 6.30. The number of nitrogens with zero attached hydrogens (tertiary/aromatic N) is 1. The summed E-state index contributed by atoms with van der Waals surface area (Å²) in [4.78, 5) is 29.3. The molecule has 0 aliphatic heterocycles. The molecular formula is C32H40N2O3. The van der Waals surface area contributed by atoms with Gasteiger partial charge in [0.15, 0.2) is 0 Å². The van der Waals surface area contributed by atoms with Crippen LogP contribution in [0.5, 0.6) is 0 Å². The molecule has 3 aromatic carbocycles. The summed E-state index contributed by atoms with van der Waals surface area (Å²) in [5, 5.41) is 3.07. The van der Waals surface area contributed by atoms with Crippen molar-refractivity contribution in [3.05, 3.63) is 108 Å². The van der Waals surface area contributed by atoms with Crippen LogP contribution in [0.3, 0.4) is 0 Å². The first-order chi connectivity index (χ1) is 17.6. The minimum absolute atomic E-state index is 0.206. The molecule has 5 heteroatoms. The van der Waals surface area contributed by atoms with Crippen LogP contribution in [0.4, 0.5) is 0 Å². The Morgan fingerprint density at radius 2 is 1.24 bits per heavy atom. The van der Waals surface area contributed by atoms with Crippen LogP contribution >= 0.6 is 0 Å². The highest BCUT2D eigenvalue weighted by Crippen LogP contribution is 2.26. The minimum atomic E-state index is -0.728. The lowest BCUT2D eigenvalue weighted by Crippen LogP contribution is -2.49. The number of hydrogen-bond donors (Lipinski definition) is 1. The lowest BCUT2D eigenvalue weighted by molar-refractivity contribution is -0.159. The Balaban J connectivity index is 1.98. The molecule has 0 aliphatic carbocycles. The molecule has 0 bridgehead atoms. The lowest BCUT2D eigenvalue weighted by atomic mass is 9.99. The maximum Gasteiger partial charge on any atom is 0.329 e. The van der Waals surface area contributed by atoms with Crippen molar-refractivity contribution >= 4 is 11.9 Å². The first-order valence-electron chi connectivity index (χ1n) is 13.0. The summed E-state index contributed by atoms with van der Waals surface area (Å²) < 4.78 is 5.67. The third-order valence-electron chi connectivity index (χ3n) is 5.90. The van der Waals surface area contributed by atoms with Crippen LogP contribution in [0, 0.1) is 5.92 Å². The number of carbonyl (C=O) groups is 2. The van der Waals surface area contributed by atoms with E-state index in [9.17, 15) is 9.59 Å². The van der Waals surface area contributed by atoms with Crippen LogP contribution in [0.2, 0.25) is 0 Å². The van der Waals surface area contributed by atoms with Gasteiger partial charge in [-0.25, -0.2) is 4.79 Å². The van der Waals surface area contributed by atoms with Gasteiger partial charge in [-0.3, -0.25) is 9.69 Å². The molecule has 1 N–H and O–H groups in total. The fraction of sp³-hybridized carbons (Fsp3) is 0.375. The van der Waals surface area contributed by atoms with E-state index in [4.69, 9.17) is 4.74 Å². The maximum absolute atomic E-state index is 14.1. The molecule has 0 unspecified atom stereocenters. The summed E-state index contributed by atoms with van der Waals surface area (Å²) in [7, 11) is 0. The predicted molar refractivity (Wildman–Crippen MR) is 149 cm³/mol. The van der Waals surface area contributed by atoms with Gasteiger partial charge in [0.2, 0.25) is 5.91 Å². The van der Waals surface area contributed by atoms with Gasteiger partial charge in [0.05, 0.1) is 0 Å². The minimum Gasteiger partial charge on any atom is -0.458 e. The van der Waals surface area contributed by atoms with Gasteiger partial charge in [0, 0.05) is 13.1 Å². The van der Waals surface area contributed by atoms with E-state index in [0.717, 1.165) is 16.7 Å². The second-order valence-electron chi connectivity index (χ2n) is 10.9. The SMILES string of the molecule is CC(C)C[C@H](NC(=O)[C@@H](c1ccccc1)N(Cc1ccccc1)Cc1ccccc1)C(=O)OC(C)(C)C. The average molecular weight is 501 g/mol. The van der Waals surface area contributed by atoms with Crippen LogP contribution in [-0.2, 0) is 27.4 Å². The third kappa shape index (κ3) is 9.18. The number of esters is 1. The Kier molecular flexibility index (Phi) is 10.0. The van der Waals surface area contributed by atoms with Crippen molar-refractivity contribution < 1.29 is 14.3 Å². The highest BCUT2D eigenvalue weighted by molar-refractivity contribution is 5.88. The van der Waals surface area contributed by atoms with E-state index >= 15 is 0 Å². The van der Waals surface area contributed by atoms with Gasteiger partial charge in [-0.05, 0) is 49.8 Å². The smallest absolute Gasteiger partial charge is 0.329 e. The molecular weight excluding hydrogens is 460 g/mol. The summed E-state index contributed by atoms with van der Waals surface area (Å²) in [6, 6.07) is 28.7. The number of ether oxygens (including phenoxy) is 1. The Bertz CT molecular complexity index is 1070. The molecule has 196 valence electrons. The highest BCUT2D eigenvalue weighted by atomic mass is 16.6. The molecule has 0 aliphatic rings. The number of benzene rings is 3. The third-order valence-corrected chi connectivity index (χ3v) is 5.90. The van der Waals surface area contributed by atoms with Gasteiger partial charge < -0.3 is 10.1 Å². The van der Waals surface area contributed by atoms with Crippen LogP contribution in [-0.4, -0.2) is 28.4 Å². The van der Waals surface area contributed by atoms with Gasteiger partial charge in [-0.15, -0.1) is 0 Å². The van der Waals surface area contributed by atoms with Crippen molar-refractivity contribution in [2.75, 3.05) is 0 Å². The molecule has 0 heterocycles. The van der Waals surface area contributed by atoms with Crippen LogP contribution in [0.25, 0.3) is 0 Å². The van der Waals surface area contributed by atoms with Crippen molar-refractivity contribution in [3.8, 4) is 0 Å². The number of nitrogens with one attached hydrogen (secondary N) is 1. The first-order valence-corrected chi connectivity index (χ1v) is 13.0. The molecule has 0 aromatic heterocycles. The molecule has 0 fully saturated rings. The van der Waals surface area contributed by atoms with Crippen LogP contribution in [0.1, 0.15) is 63.8 Å². The van der Waals surface area contributed by atoms with Crippen molar-refractivity contribution in [2.45, 2.75) is 71.8 Å². The zero-order valence-electron chi connectivity index (χ0n) is 22.7. The Hall–Kier alpha value is -3.44. The van der Waals surface area contributed by atoms with E-state index in [2.05, 4.69) is 34.5 Å². The van der Waals surface area contributed by atoms with Crippen molar-refractivity contribution in [2.24, 2.45) is 5.92 Å². The van der Waals surface area contributed by atoms with Gasteiger partial charge in [0.25, 0.3) is 0 Å². The van der Waals surface area contributed by atoms with E-state index in [-0.39, 0.29) is 11.8 Å². The monoisotopic (exact) mass is 500 g/mol. The van der Waals surface area contributed by atoms with Crippen LogP contribution < -0.4 is 5.32 Å².